The van der Waals surface area contributed by atoms with Crippen LogP contribution in [0.4, 0.5) is 0 Å². The Labute approximate surface area is 332 Å². The molecule has 0 saturated carbocycles. The van der Waals surface area contributed by atoms with Gasteiger partial charge in [-0.15, -0.1) is 0 Å². The van der Waals surface area contributed by atoms with Gasteiger partial charge in [-0.3, -0.25) is 19.1 Å². The van der Waals surface area contributed by atoms with Crippen LogP contribution in [0.2, 0.25) is 0 Å². The summed E-state index contributed by atoms with van der Waals surface area (Å²) in [7, 11) is -4.08. The molecule has 0 aromatic heterocycles. The molecule has 0 aliphatic rings. The van der Waals surface area contributed by atoms with Gasteiger partial charge in [-0.25, -0.2) is 0 Å². The Kier molecular flexibility index (Phi) is 13.7. The van der Waals surface area contributed by atoms with Crippen molar-refractivity contribution in [1.82, 2.24) is 5.32 Å². The van der Waals surface area contributed by atoms with E-state index in [0.29, 0.717) is 0 Å². The van der Waals surface area contributed by atoms with Crippen molar-refractivity contribution in [3.63, 3.8) is 0 Å². The number of nitrogens with one attached hydrogen (secondary N) is 1. The summed E-state index contributed by atoms with van der Waals surface area (Å²) in [6.45, 7) is 10.6. The molecule has 56 heavy (non-hydrogen) atoms. The molecule has 2 atom stereocenters. The number of carbonyl (C=O) groups is 2. The first-order valence-corrected chi connectivity index (χ1v) is 20.4. The third-order valence-electron chi connectivity index (χ3n) is 9.15. The zero-order valence-electron chi connectivity index (χ0n) is 33.1. The van der Waals surface area contributed by atoms with Crippen LogP contribution in [0.25, 0.3) is 11.1 Å². The molecule has 1 N–H and O–H groups in total. The van der Waals surface area contributed by atoms with Crippen molar-refractivity contribution in [2.24, 2.45) is 5.92 Å². The summed E-state index contributed by atoms with van der Waals surface area (Å²) in [4.78, 5) is 28.4. The van der Waals surface area contributed by atoms with Gasteiger partial charge in [-0.1, -0.05) is 133 Å². The quantitative estimate of drug-likeness (QED) is 0.0457. The maximum atomic E-state index is 14.4. The van der Waals surface area contributed by atoms with Crippen molar-refractivity contribution in [3.8, 4) is 11.1 Å². The van der Waals surface area contributed by atoms with E-state index in [-0.39, 0.29) is 30.8 Å². The number of benzene rings is 5. The van der Waals surface area contributed by atoms with Crippen LogP contribution in [0.1, 0.15) is 77.5 Å². The lowest BCUT2D eigenvalue weighted by Crippen LogP contribution is -2.54. The molecule has 8 nitrogen and oxygen atoms in total. The molecule has 5 aromatic rings. The van der Waals surface area contributed by atoms with Crippen molar-refractivity contribution in [2.75, 3.05) is 6.61 Å². The van der Waals surface area contributed by atoms with Gasteiger partial charge in [0.1, 0.15) is 17.2 Å². The highest BCUT2D eigenvalue weighted by Gasteiger charge is 2.42. The van der Waals surface area contributed by atoms with Crippen LogP contribution in [0, 0.1) is 5.92 Å². The standard InChI is InChI=1S/C47H53NO7S/c1-45(2,3)54-43(49)37(22-19-33-53-56(51,52)41-31-29-36(30-32-41)35-20-11-7-12-21-35)34-42(44(50)55-46(4,5)6)48-47(38-23-13-8-14-24-38,39-25-15-9-16-26-39)40-27-17-10-18-28-40/h7-18,20-21,23-32,37,42,48H,19,22,33-34H2,1-6H3. The van der Waals surface area contributed by atoms with Crippen LogP contribution in [0.3, 0.4) is 0 Å². The molecule has 2 unspecified atom stereocenters. The third kappa shape index (κ3) is 11.2. The number of esters is 2. The van der Waals surface area contributed by atoms with E-state index in [0.717, 1.165) is 27.8 Å². The van der Waals surface area contributed by atoms with E-state index in [1.165, 1.54) is 12.1 Å². The lowest BCUT2D eigenvalue weighted by atomic mass is 9.76. The summed E-state index contributed by atoms with van der Waals surface area (Å²) in [5.41, 5.74) is 1.83. The van der Waals surface area contributed by atoms with E-state index in [1.807, 2.05) is 121 Å². The fraction of sp³-hybridized carbons (Fsp3) is 0.319. The fourth-order valence-electron chi connectivity index (χ4n) is 6.68. The van der Waals surface area contributed by atoms with Crippen LogP contribution < -0.4 is 5.32 Å². The molecule has 0 heterocycles. The smallest absolute Gasteiger partial charge is 0.323 e. The second-order valence-corrected chi connectivity index (χ2v) is 17.5. The Hall–Kier alpha value is -5.09. The van der Waals surface area contributed by atoms with Crippen molar-refractivity contribution in [3.05, 3.63) is 162 Å². The normalized spacial score (nSPS) is 13.4. The molecule has 0 spiro atoms. The van der Waals surface area contributed by atoms with E-state index in [2.05, 4.69) is 5.32 Å². The van der Waals surface area contributed by atoms with Crippen LogP contribution in [0.5, 0.6) is 0 Å². The number of hydrogen-bond acceptors (Lipinski definition) is 8. The molecular formula is C47H53NO7S. The van der Waals surface area contributed by atoms with Gasteiger partial charge < -0.3 is 9.47 Å². The average molecular weight is 776 g/mol. The van der Waals surface area contributed by atoms with Gasteiger partial charge >= 0.3 is 11.9 Å². The lowest BCUT2D eigenvalue weighted by Gasteiger charge is -2.40. The summed E-state index contributed by atoms with van der Waals surface area (Å²) >= 11 is 0. The minimum atomic E-state index is -4.08. The van der Waals surface area contributed by atoms with E-state index in [4.69, 9.17) is 13.7 Å². The highest BCUT2D eigenvalue weighted by Crippen LogP contribution is 2.38. The van der Waals surface area contributed by atoms with Crippen molar-refractivity contribution >= 4 is 22.1 Å². The minimum Gasteiger partial charge on any atom is -0.460 e. The molecule has 5 aromatic carbocycles. The van der Waals surface area contributed by atoms with Gasteiger partial charge in [-0.05, 0) is 101 Å². The number of hydrogen-bond donors (Lipinski definition) is 1. The second kappa shape index (κ2) is 18.2. The van der Waals surface area contributed by atoms with Crippen LogP contribution >= 0.6 is 0 Å². The first kappa shape index (κ1) is 42.1. The molecule has 0 aliphatic carbocycles. The zero-order chi connectivity index (χ0) is 40.4. The maximum Gasteiger partial charge on any atom is 0.323 e. The maximum absolute atomic E-state index is 14.4. The number of ether oxygens (including phenoxy) is 2. The topological polar surface area (TPSA) is 108 Å². The Morgan fingerprint density at radius 1 is 0.571 bits per heavy atom. The van der Waals surface area contributed by atoms with Gasteiger partial charge in [-0.2, -0.15) is 8.42 Å². The zero-order valence-corrected chi connectivity index (χ0v) is 33.9. The number of rotatable bonds is 16. The minimum absolute atomic E-state index is 0.00573. The highest BCUT2D eigenvalue weighted by molar-refractivity contribution is 7.86. The molecule has 0 saturated heterocycles. The summed E-state index contributed by atoms with van der Waals surface area (Å²) in [5, 5.41) is 3.73. The largest absolute Gasteiger partial charge is 0.460 e. The van der Waals surface area contributed by atoms with Gasteiger partial charge in [0.05, 0.1) is 23.0 Å². The molecular weight excluding hydrogens is 723 g/mol. The highest BCUT2D eigenvalue weighted by atomic mass is 32.2. The molecule has 0 aliphatic heterocycles. The fourth-order valence-corrected chi connectivity index (χ4v) is 7.62. The van der Waals surface area contributed by atoms with Crippen molar-refractivity contribution in [2.45, 2.75) is 88.5 Å². The van der Waals surface area contributed by atoms with Crippen LogP contribution in [-0.4, -0.2) is 44.2 Å². The molecule has 9 heteroatoms. The van der Waals surface area contributed by atoms with Crippen LogP contribution in [-0.2, 0) is 38.9 Å². The van der Waals surface area contributed by atoms with E-state index >= 15 is 0 Å². The number of carbonyl (C=O) groups excluding carboxylic acids is 2. The molecule has 0 bridgehead atoms. The monoisotopic (exact) mass is 775 g/mol. The summed E-state index contributed by atoms with van der Waals surface area (Å²) in [5.74, 6) is -1.86. The summed E-state index contributed by atoms with van der Waals surface area (Å²) in [6.07, 6.45) is 0.395. The first-order chi connectivity index (χ1) is 26.6. The van der Waals surface area contributed by atoms with E-state index in [1.54, 1.807) is 53.7 Å². The molecule has 5 rings (SSSR count). The van der Waals surface area contributed by atoms with E-state index in [9.17, 15) is 18.0 Å². The Morgan fingerprint density at radius 3 is 1.43 bits per heavy atom. The van der Waals surface area contributed by atoms with Crippen LogP contribution in [0.15, 0.2) is 150 Å². The van der Waals surface area contributed by atoms with E-state index < -0.39 is 50.8 Å². The van der Waals surface area contributed by atoms with Crippen molar-refractivity contribution in [1.29, 1.82) is 0 Å². The predicted octanol–water partition coefficient (Wildman–Crippen LogP) is 9.48. The summed E-state index contributed by atoms with van der Waals surface area (Å²) in [6, 6.07) is 44.8. The molecule has 0 radical (unpaired) electrons. The predicted molar refractivity (Wildman–Crippen MR) is 220 cm³/mol. The van der Waals surface area contributed by atoms with Gasteiger partial charge in [0, 0.05) is 0 Å². The van der Waals surface area contributed by atoms with Gasteiger partial charge in [0.25, 0.3) is 10.1 Å². The average Bonchev–Trinajstić information content (AvgIpc) is 3.17. The Morgan fingerprint density at radius 2 is 0.982 bits per heavy atom. The molecule has 294 valence electrons. The third-order valence-corrected chi connectivity index (χ3v) is 10.5. The first-order valence-electron chi connectivity index (χ1n) is 19.0. The molecule has 0 amide bonds. The Bertz CT molecular complexity index is 2010. The Balaban J connectivity index is 1.45. The molecule has 0 fully saturated rings. The van der Waals surface area contributed by atoms with Gasteiger partial charge in [0.15, 0.2) is 0 Å². The van der Waals surface area contributed by atoms with Gasteiger partial charge in [0.2, 0.25) is 0 Å². The second-order valence-electron chi connectivity index (χ2n) is 15.9. The summed E-state index contributed by atoms with van der Waals surface area (Å²) < 4.78 is 43.9. The lowest BCUT2D eigenvalue weighted by molar-refractivity contribution is -0.163. The SMILES string of the molecule is CC(C)(C)OC(=O)C(CCCOS(=O)(=O)c1ccc(-c2ccccc2)cc1)CC(NC(c1ccccc1)(c1ccccc1)c1ccccc1)C(=O)OC(C)(C)C. The van der Waals surface area contributed by atoms with Crippen molar-refractivity contribution < 1.29 is 31.7 Å².